The molecule has 1 aliphatic rings. The third-order valence-corrected chi connectivity index (χ3v) is 2.55. The van der Waals surface area contributed by atoms with Crippen molar-refractivity contribution in [3.63, 3.8) is 0 Å². The molecule has 0 N–H and O–H groups in total. The molecule has 0 fully saturated rings. The lowest BCUT2D eigenvalue weighted by Crippen LogP contribution is -2.22. The summed E-state index contributed by atoms with van der Waals surface area (Å²) in [7, 11) is 1.26. The smallest absolute Gasteiger partial charge is 0.387 e. The summed E-state index contributed by atoms with van der Waals surface area (Å²) in [4.78, 5) is 16.2. The van der Waals surface area contributed by atoms with E-state index < -0.39 is 18.7 Å². The van der Waals surface area contributed by atoms with Crippen molar-refractivity contribution in [1.82, 2.24) is 0 Å². The Morgan fingerprint density at radius 1 is 1.42 bits per heavy atom. The second-order valence-electron chi connectivity index (χ2n) is 3.76. The van der Waals surface area contributed by atoms with Crippen LogP contribution in [0.4, 0.5) is 8.78 Å². The van der Waals surface area contributed by atoms with Crippen LogP contribution in [0.25, 0.3) is 0 Å². The van der Waals surface area contributed by atoms with Crippen LogP contribution in [0.2, 0.25) is 0 Å². The molecule has 7 heteroatoms. The van der Waals surface area contributed by atoms with E-state index >= 15 is 0 Å². The number of esters is 1. The molecule has 1 heterocycles. The van der Waals surface area contributed by atoms with Gasteiger partial charge < -0.3 is 14.3 Å². The largest absolute Gasteiger partial charge is 0.466 e. The molecule has 0 saturated heterocycles. The van der Waals surface area contributed by atoms with Gasteiger partial charge in [0.05, 0.1) is 12.8 Å². The fourth-order valence-electron chi connectivity index (χ4n) is 1.63. The minimum absolute atomic E-state index is 0.0581. The van der Waals surface area contributed by atoms with Crippen LogP contribution in [-0.2, 0) is 14.4 Å². The quantitative estimate of drug-likeness (QED) is 0.785. The number of alkyl halides is 2. The maximum atomic E-state index is 12.0. The average molecular weight is 271 g/mol. The molecule has 0 saturated carbocycles. The van der Waals surface area contributed by atoms with E-state index in [2.05, 4.69) is 14.6 Å². The van der Waals surface area contributed by atoms with E-state index in [0.29, 0.717) is 11.3 Å². The van der Waals surface area contributed by atoms with Gasteiger partial charge in [-0.3, -0.25) is 0 Å². The zero-order valence-corrected chi connectivity index (χ0v) is 10.0. The van der Waals surface area contributed by atoms with Crippen molar-refractivity contribution >= 4 is 11.7 Å². The van der Waals surface area contributed by atoms with E-state index in [4.69, 9.17) is 4.84 Å². The molecule has 2 rings (SSSR count). The summed E-state index contributed by atoms with van der Waals surface area (Å²) < 4.78 is 32.7. The third kappa shape index (κ3) is 3.18. The molecule has 0 spiro atoms. The van der Waals surface area contributed by atoms with Crippen molar-refractivity contribution in [1.29, 1.82) is 0 Å². The summed E-state index contributed by atoms with van der Waals surface area (Å²) >= 11 is 0. The van der Waals surface area contributed by atoms with Gasteiger partial charge in [-0.15, -0.1) is 0 Å². The molecule has 1 atom stereocenters. The first-order chi connectivity index (χ1) is 9.10. The number of ether oxygens (including phenoxy) is 2. The van der Waals surface area contributed by atoms with Gasteiger partial charge in [0.15, 0.2) is 0 Å². The minimum Gasteiger partial charge on any atom is -0.466 e. The number of hydrogen-bond donors (Lipinski definition) is 0. The van der Waals surface area contributed by atoms with Crippen molar-refractivity contribution < 1.29 is 27.9 Å². The SMILES string of the molecule is COC(=O)C1CC(c2ccc(OC(F)F)cc2)=NO1. The molecule has 102 valence electrons. The molecule has 0 aliphatic carbocycles. The Kier molecular flexibility index (Phi) is 3.94. The standard InChI is InChI=1S/C12H11F2NO4/c1-17-11(16)10-6-9(15-19-10)7-2-4-8(5-3-7)18-12(13)14/h2-5,10,12H,6H2,1H3. The van der Waals surface area contributed by atoms with Crippen LogP contribution < -0.4 is 4.74 Å². The van der Waals surface area contributed by atoms with Crippen LogP contribution in [0.5, 0.6) is 5.75 Å². The molecule has 0 amide bonds. The van der Waals surface area contributed by atoms with Crippen molar-refractivity contribution in [3.8, 4) is 5.75 Å². The molecule has 0 radical (unpaired) electrons. The average Bonchev–Trinajstić information content (AvgIpc) is 2.87. The van der Waals surface area contributed by atoms with Gasteiger partial charge in [-0.1, -0.05) is 5.16 Å². The summed E-state index contributed by atoms with van der Waals surface area (Å²) in [6.45, 7) is -2.86. The number of nitrogens with zero attached hydrogens (tertiary/aromatic N) is 1. The first-order valence-electron chi connectivity index (χ1n) is 5.46. The first-order valence-corrected chi connectivity index (χ1v) is 5.46. The monoisotopic (exact) mass is 271 g/mol. The number of rotatable bonds is 4. The normalized spacial score (nSPS) is 17.9. The highest BCUT2D eigenvalue weighted by molar-refractivity contribution is 6.03. The lowest BCUT2D eigenvalue weighted by atomic mass is 10.1. The molecular formula is C12H11F2NO4. The Morgan fingerprint density at radius 2 is 2.11 bits per heavy atom. The fourth-order valence-corrected chi connectivity index (χ4v) is 1.63. The van der Waals surface area contributed by atoms with E-state index in [-0.39, 0.29) is 12.2 Å². The van der Waals surface area contributed by atoms with E-state index in [1.807, 2.05) is 0 Å². The minimum atomic E-state index is -2.86. The van der Waals surface area contributed by atoms with Crippen LogP contribution in [0.1, 0.15) is 12.0 Å². The summed E-state index contributed by atoms with van der Waals surface area (Å²) in [5.74, 6) is -0.445. The third-order valence-electron chi connectivity index (χ3n) is 2.55. The van der Waals surface area contributed by atoms with Crippen LogP contribution in [0, 0.1) is 0 Å². The van der Waals surface area contributed by atoms with Gasteiger partial charge in [-0.25, -0.2) is 4.79 Å². The predicted octanol–water partition coefficient (Wildman–Crippen LogP) is 1.95. The molecule has 0 bridgehead atoms. The Labute approximate surface area is 107 Å². The Hall–Kier alpha value is -2.18. The summed E-state index contributed by atoms with van der Waals surface area (Å²) in [6, 6.07) is 5.93. The molecule has 1 aromatic rings. The number of methoxy groups -OCH3 is 1. The van der Waals surface area contributed by atoms with E-state index in [9.17, 15) is 13.6 Å². The Balaban J connectivity index is 2.02. The van der Waals surface area contributed by atoms with Crippen molar-refractivity contribution in [2.75, 3.05) is 7.11 Å². The summed E-state index contributed by atoms with van der Waals surface area (Å²) in [5.41, 5.74) is 1.23. The van der Waals surface area contributed by atoms with Gasteiger partial charge in [-0.2, -0.15) is 8.78 Å². The predicted molar refractivity (Wildman–Crippen MR) is 61.1 cm³/mol. The fraction of sp³-hybridized carbons (Fsp3) is 0.333. The maximum absolute atomic E-state index is 12.0. The lowest BCUT2D eigenvalue weighted by Gasteiger charge is -2.05. The van der Waals surface area contributed by atoms with Crippen molar-refractivity contribution in [2.45, 2.75) is 19.1 Å². The number of carbonyl (C=O) groups is 1. The van der Waals surface area contributed by atoms with Gasteiger partial charge in [0.2, 0.25) is 6.10 Å². The highest BCUT2D eigenvalue weighted by Gasteiger charge is 2.29. The molecule has 1 unspecified atom stereocenters. The molecule has 5 nitrogen and oxygen atoms in total. The summed E-state index contributed by atoms with van der Waals surface area (Å²) in [6.07, 6.45) is -0.473. The van der Waals surface area contributed by atoms with E-state index in [0.717, 1.165) is 0 Å². The molecule has 1 aromatic carbocycles. The van der Waals surface area contributed by atoms with Gasteiger partial charge in [0.25, 0.3) is 0 Å². The highest BCUT2D eigenvalue weighted by Crippen LogP contribution is 2.20. The zero-order chi connectivity index (χ0) is 13.8. The topological polar surface area (TPSA) is 57.1 Å². The second kappa shape index (κ2) is 5.64. The van der Waals surface area contributed by atoms with Gasteiger partial charge in [0, 0.05) is 6.42 Å². The van der Waals surface area contributed by atoms with Crippen LogP contribution in [-0.4, -0.2) is 31.5 Å². The molecular weight excluding hydrogens is 260 g/mol. The highest BCUT2D eigenvalue weighted by atomic mass is 19.3. The van der Waals surface area contributed by atoms with Crippen molar-refractivity contribution in [3.05, 3.63) is 29.8 Å². The lowest BCUT2D eigenvalue weighted by molar-refractivity contribution is -0.152. The van der Waals surface area contributed by atoms with Crippen LogP contribution in [0.15, 0.2) is 29.4 Å². The van der Waals surface area contributed by atoms with Crippen molar-refractivity contribution in [2.24, 2.45) is 5.16 Å². The van der Waals surface area contributed by atoms with E-state index in [1.54, 1.807) is 12.1 Å². The molecule has 0 aromatic heterocycles. The number of carbonyl (C=O) groups excluding carboxylic acids is 1. The van der Waals surface area contributed by atoms with E-state index in [1.165, 1.54) is 19.2 Å². The Morgan fingerprint density at radius 3 is 2.68 bits per heavy atom. The second-order valence-corrected chi connectivity index (χ2v) is 3.76. The van der Waals surface area contributed by atoms with Gasteiger partial charge in [0.1, 0.15) is 5.75 Å². The molecule has 1 aliphatic heterocycles. The van der Waals surface area contributed by atoms with Crippen LogP contribution >= 0.6 is 0 Å². The number of benzene rings is 1. The van der Waals surface area contributed by atoms with Gasteiger partial charge in [-0.05, 0) is 29.8 Å². The number of halogens is 2. The van der Waals surface area contributed by atoms with Gasteiger partial charge >= 0.3 is 12.6 Å². The zero-order valence-electron chi connectivity index (χ0n) is 10.0. The Bertz CT molecular complexity index is 487. The summed E-state index contributed by atoms with van der Waals surface area (Å²) in [5, 5.41) is 3.77. The van der Waals surface area contributed by atoms with Crippen LogP contribution in [0.3, 0.4) is 0 Å². The first kappa shape index (κ1) is 13.3. The maximum Gasteiger partial charge on any atom is 0.387 e. The number of hydrogen-bond acceptors (Lipinski definition) is 5. The number of oxime groups is 1. The molecule has 19 heavy (non-hydrogen) atoms.